The van der Waals surface area contributed by atoms with E-state index in [2.05, 4.69) is 0 Å². The van der Waals surface area contributed by atoms with Crippen LogP contribution in [0.15, 0.2) is 48.5 Å². The Bertz CT molecular complexity index is 929. The van der Waals surface area contributed by atoms with Gasteiger partial charge in [0.1, 0.15) is 17.5 Å². The summed E-state index contributed by atoms with van der Waals surface area (Å²) in [5, 5.41) is 8.88. The molecule has 0 radical (unpaired) electrons. The van der Waals surface area contributed by atoms with E-state index in [1.807, 2.05) is 0 Å². The number of hydrogen-bond donors (Lipinski definition) is 2. The minimum atomic E-state index is -4.45. The molecule has 0 aliphatic rings. The number of carboxylic acid groups (broad SMARTS) is 1. The predicted octanol–water partition coefficient (Wildman–Crippen LogP) is 2.68. The van der Waals surface area contributed by atoms with E-state index < -0.39 is 40.3 Å². The second-order valence-electron chi connectivity index (χ2n) is 5.86. The molecule has 0 saturated heterocycles. The molecule has 0 spiro atoms. The molecular weight excluding hydrogens is 401 g/mol. The van der Waals surface area contributed by atoms with Crippen molar-refractivity contribution in [2.75, 3.05) is 17.1 Å². The van der Waals surface area contributed by atoms with Crippen LogP contribution in [0, 0.1) is 0 Å². The molecule has 3 N–H and O–H groups in total. The molecule has 2 rings (SSSR count). The maximum Gasteiger partial charge on any atom is 0.416 e. The average molecular weight is 418 g/mol. The van der Waals surface area contributed by atoms with Gasteiger partial charge in [0.05, 0.1) is 24.1 Å². The van der Waals surface area contributed by atoms with Crippen LogP contribution in [0.3, 0.4) is 0 Å². The molecule has 2 aromatic rings. The molecular formula is C17H17F3N2O5S. The third-order valence-electron chi connectivity index (χ3n) is 3.62. The van der Waals surface area contributed by atoms with Gasteiger partial charge in [-0.1, -0.05) is 0 Å². The Labute approximate surface area is 159 Å². The van der Waals surface area contributed by atoms with Crippen LogP contribution >= 0.6 is 0 Å². The number of anilines is 1. The fourth-order valence-corrected chi connectivity index (χ4v) is 3.15. The van der Waals surface area contributed by atoms with E-state index in [1.54, 1.807) is 0 Å². The first-order valence-corrected chi connectivity index (χ1v) is 9.64. The Kier molecular flexibility index (Phi) is 6.20. The Hall–Kier alpha value is -2.79. The third kappa shape index (κ3) is 5.60. The number of alkyl halides is 3. The maximum atomic E-state index is 12.6. The fourth-order valence-electron chi connectivity index (χ4n) is 2.22. The number of sulfonamides is 1. The molecule has 7 nitrogen and oxygen atoms in total. The molecule has 0 aliphatic carbocycles. The molecule has 0 bridgehead atoms. The van der Waals surface area contributed by atoms with Gasteiger partial charge in [0.25, 0.3) is 0 Å². The molecule has 0 fully saturated rings. The molecule has 152 valence electrons. The maximum absolute atomic E-state index is 12.6. The number of ether oxygens (including phenoxy) is 1. The number of nitrogens with two attached hydrogens (primary N) is 1. The SMILES string of the molecule is CS(=O)(=O)N(C[C@H](N)C(=O)O)c1ccc(Oc2ccc(C(F)(F)F)cc2)cc1. The highest BCUT2D eigenvalue weighted by atomic mass is 32.2. The summed E-state index contributed by atoms with van der Waals surface area (Å²) in [6.07, 6.45) is -3.54. The van der Waals surface area contributed by atoms with Crippen molar-refractivity contribution >= 4 is 21.7 Å². The zero-order valence-corrected chi connectivity index (χ0v) is 15.4. The van der Waals surface area contributed by atoms with Gasteiger partial charge in [0.2, 0.25) is 10.0 Å². The lowest BCUT2D eigenvalue weighted by atomic mass is 10.2. The van der Waals surface area contributed by atoms with E-state index in [9.17, 15) is 26.4 Å². The van der Waals surface area contributed by atoms with Crippen LogP contribution in [0.4, 0.5) is 18.9 Å². The van der Waals surface area contributed by atoms with E-state index in [0.29, 0.717) is 0 Å². The van der Waals surface area contributed by atoms with Gasteiger partial charge >= 0.3 is 12.1 Å². The van der Waals surface area contributed by atoms with E-state index in [1.165, 1.54) is 24.3 Å². The second-order valence-corrected chi connectivity index (χ2v) is 7.76. The first-order chi connectivity index (χ1) is 12.9. The minimum Gasteiger partial charge on any atom is -0.480 e. The second kappa shape index (κ2) is 8.07. The predicted molar refractivity (Wildman–Crippen MR) is 95.8 cm³/mol. The van der Waals surface area contributed by atoms with Gasteiger partial charge in [-0.05, 0) is 48.5 Å². The summed E-state index contributed by atoms with van der Waals surface area (Å²) in [5.74, 6) is -0.941. The normalized spacial score (nSPS) is 13.0. The van der Waals surface area contributed by atoms with Crippen molar-refractivity contribution in [1.82, 2.24) is 0 Å². The zero-order valence-electron chi connectivity index (χ0n) is 14.6. The highest BCUT2D eigenvalue weighted by Gasteiger charge is 2.30. The van der Waals surface area contributed by atoms with Crippen molar-refractivity contribution in [2.45, 2.75) is 12.2 Å². The van der Waals surface area contributed by atoms with Crippen molar-refractivity contribution in [2.24, 2.45) is 5.73 Å². The number of nitrogens with zero attached hydrogens (tertiary/aromatic N) is 1. The smallest absolute Gasteiger partial charge is 0.416 e. The molecule has 28 heavy (non-hydrogen) atoms. The Morgan fingerprint density at radius 2 is 1.57 bits per heavy atom. The van der Waals surface area contributed by atoms with Gasteiger partial charge in [0.15, 0.2) is 0 Å². The van der Waals surface area contributed by atoms with Crippen molar-refractivity contribution in [1.29, 1.82) is 0 Å². The van der Waals surface area contributed by atoms with Crippen molar-refractivity contribution in [3.63, 3.8) is 0 Å². The van der Waals surface area contributed by atoms with Gasteiger partial charge < -0.3 is 15.6 Å². The van der Waals surface area contributed by atoms with Crippen LogP contribution in [-0.4, -0.2) is 38.3 Å². The van der Waals surface area contributed by atoms with E-state index in [0.717, 1.165) is 34.8 Å². The average Bonchev–Trinajstić information content (AvgIpc) is 2.59. The highest BCUT2D eigenvalue weighted by Crippen LogP contribution is 2.32. The van der Waals surface area contributed by atoms with E-state index in [-0.39, 0.29) is 17.2 Å². The number of carbonyl (C=O) groups is 1. The first-order valence-electron chi connectivity index (χ1n) is 7.79. The monoisotopic (exact) mass is 418 g/mol. The number of carboxylic acids is 1. The molecule has 1 atom stereocenters. The molecule has 2 aromatic carbocycles. The molecule has 0 saturated carbocycles. The first kappa shape index (κ1) is 21.5. The Morgan fingerprint density at radius 1 is 1.11 bits per heavy atom. The van der Waals surface area contributed by atoms with Gasteiger partial charge in [-0.25, -0.2) is 8.42 Å². The van der Waals surface area contributed by atoms with Gasteiger partial charge in [0, 0.05) is 0 Å². The molecule has 0 heterocycles. The summed E-state index contributed by atoms with van der Waals surface area (Å²) >= 11 is 0. The van der Waals surface area contributed by atoms with Crippen molar-refractivity contribution < 1.29 is 36.2 Å². The number of halogens is 3. The molecule has 0 aromatic heterocycles. The number of benzene rings is 2. The molecule has 11 heteroatoms. The number of rotatable bonds is 7. The van der Waals surface area contributed by atoms with Crippen LogP contribution < -0.4 is 14.8 Å². The van der Waals surface area contributed by atoms with E-state index in [4.69, 9.17) is 15.6 Å². The fraction of sp³-hybridized carbons (Fsp3) is 0.235. The zero-order chi connectivity index (χ0) is 21.1. The number of aliphatic carboxylic acids is 1. The highest BCUT2D eigenvalue weighted by molar-refractivity contribution is 7.92. The topological polar surface area (TPSA) is 110 Å². The quantitative estimate of drug-likeness (QED) is 0.716. The third-order valence-corrected chi connectivity index (χ3v) is 4.78. The van der Waals surface area contributed by atoms with Crippen molar-refractivity contribution in [3.8, 4) is 11.5 Å². The Balaban J connectivity index is 2.18. The van der Waals surface area contributed by atoms with Crippen LogP contribution in [0.5, 0.6) is 11.5 Å². The standard InChI is InChI=1S/C17H17F3N2O5S/c1-28(25,26)22(10-15(21)16(23)24)12-4-8-14(9-5-12)27-13-6-2-11(3-7-13)17(18,19)20/h2-9,15H,10,21H2,1H3,(H,23,24)/t15-/m0/s1. The van der Waals surface area contributed by atoms with Crippen LogP contribution in [-0.2, 0) is 21.0 Å². The largest absolute Gasteiger partial charge is 0.480 e. The minimum absolute atomic E-state index is 0.161. The van der Waals surface area contributed by atoms with Crippen LogP contribution in [0.1, 0.15) is 5.56 Å². The van der Waals surface area contributed by atoms with Gasteiger partial charge in [-0.15, -0.1) is 0 Å². The Morgan fingerprint density at radius 3 is 1.96 bits per heavy atom. The number of hydrogen-bond acceptors (Lipinski definition) is 5. The summed E-state index contributed by atoms with van der Waals surface area (Å²) in [6, 6.07) is 8.19. The van der Waals surface area contributed by atoms with Crippen LogP contribution in [0.25, 0.3) is 0 Å². The van der Waals surface area contributed by atoms with E-state index >= 15 is 0 Å². The lowest BCUT2D eigenvalue weighted by molar-refractivity contribution is -0.138. The summed E-state index contributed by atoms with van der Waals surface area (Å²) in [4.78, 5) is 10.9. The van der Waals surface area contributed by atoms with Gasteiger partial charge in [-0.3, -0.25) is 9.10 Å². The lowest BCUT2D eigenvalue weighted by Crippen LogP contribution is -2.45. The summed E-state index contributed by atoms with van der Waals surface area (Å²) < 4.78 is 67.8. The van der Waals surface area contributed by atoms with Gasteiger partial charge in [-0.2, -0.15) is 13.2 Å². The molecule has 0 amide bonds. The molecule has 0 aliphatic heterocycles. The summed E-state index contributed by atoms with van der Waals surface area (Å²) in [5.41, 5.74) is 4.77. The molecule has 0 unspecified atom stereocenters. The summed E-state index contributed by atoms with van der Waals surface area (Å²) in [7, 11) is -3.79. The van der Waals surface area contributed by atoms with Crippen molar-refractivity contribution in [3.05, 3.63) is 54.1 Å². The van der Waals surface area contributed by atoms with Crippen LogP contribution in [0.2, 0.25) is 0 Å². The lowest BCUT2D eigenvalue weighted by Gasteiger charge is -2.24. The summed E-state index contributed by atoms with van der Waals surface area (Å²) in [6.45, 7) is -0.465.